The molecule has 0 bridgehead atoms. The maximum Gasteiger partial charge on any atom is 0.225 e. The molecular weight excluding hydrogens is 264 g/mol. The van der Waals surface area contributed by atoms with E-state index in [4.69, 9.17) is 0 Å². The first-order chi connectivity index (χ1) is 10.2. The van der Waals surface area contributed by atoms with Gasteiger partial charge in [-0.25, -0.2) is 0 Å². The van der Waals surface area contributed by atoms with Crippen LogP contribution >= 0.6 is 0 Å². The number of nitrogens with zero attached hydrogens (tertiary/aromatic N) is 2. The van der Waals surface area contributed by atoms with Crippen LogP contribution in [0.1, 0.15) is 50.4 Å². The second kappa shape index (κ2) is 7.57. The maximum absolute atomic E-state index is 11.9. The molecule has 1 amide bonds. The third-order valence-corrected chi connectivity index (χ3v) is 3.45. The SMILES string of the molecule is CCC[C@H](C)c1cc(NC(=O)CCc2ccccn2)n[nH]1. The van der Waals surface area contributed by atoms with Crippen LogP contribution in [0.3, 0.4) is 0 Å². The van der Waals surface area contributed by atoms with Crippen molar-refractivity contribution in [2.24, 2.45) is 0 Å². The van der Waals surface area contributed by atoms with Crippen LogP contribution < -0.4 is 5.32 Å². The Kier molecular flexibility index (Phi) is 5.49. The number of carbonyl (C=O) groups excluding carboxylic acids is 1. The summed E-state index contributed by atoms with van der Waals surface area (Å²) in [7, 11) is 0. The molecule has 21 heavy (non-hydrogen) atoms. The van der Waals surface area contributed by atoms with Crippen molar-refractivity contribution in [3.8, 4) is 0 Å². The average Bonchev–Trinajstić information content (AvgIpc) is 2.95. The lowest BCUT2D eigenvalue weighted by atomic mass is 10.0. The van der Waals surface area contributed by atoms with Gasteiger partial charge in [-0.15, -0.1) is 0 Å². The summed E-state index contributed by atoms with van der Waals surface area (Å²) in [5.74, 6) is 0.988. The first kappa shape index (κ1) is 15.2. The molecule has 0 saturated carbocycles. The molecule has 0 unspecified atom stereocenters. The summed E-state index contributed by atoms with van der Waals surface area (Å²) in [6.45, 7) is 4.32. The van der Waals surface area contributed by atoms with E-state index in [2.05, 4.69) is 34.3 Å². The molecule has 0 spiro atoms. The number of aromatic amines is 1. The van der Waals surface area contributed by atoms with Crippen LogP contribution in [-0.2, 0) is 11.2 Å². The lowest BCUT2D eigenvalue weighted by molar-refractivity contribution is -0.116. The van der Waals surface area contributed by atoms with Gasteiger partial charge in [0.1, 0.15) is 0 Å². The first-order valence-corrected chi connectivity index (χ1v) is 7.44. The van der Waals surface area contributed by atoms with E-state index in [1.54, 1.807) is 6.20 Å². The number of pyridine rings is 1. The Morgan fingerprint density at radius 2 is 2.29 bits per heavy atom. The van der Waals surface area contributed by atoms with Gasteiger partial charge in [-0.05, 0) is 30.9 Å². The van der Waals surface area contributed by atoms with Crippen molar-refractivity contribution in [3.63, 3.8) is 0 Å². The van der Waals surface area contributed by atoms with Crippen molar-refractivity contribution < 1.29 is 4.79 Å². The molecule has 0 radical (unpaired) electrons. The number of carbonyl (C=O) groups is 1. The Balaban J connectivity index is 1.83. The number of H-pyrrole nitrogens is 1. The number of hydrogen-bond donors (Lipinski definition) is 2. The van der Waals surface area contributed by atoms with Gasteiger partial charge in [0.2, 0.25) is 5.91 Å². The number of nitrogens with one attached hydrogen (secondary N) is 2. The van der Waals surface area contributed by atoms with Crippen LogP contribution in [0, 0.1) is 0 Å². The molecule has 0 aliphatic heterocycles. The standard InChI is InChI=1S/C16H22N4O/c1-3-6-12(2)14-11-15(20-19-14)18-16(21)9-8-13-7-4-5-10-17-13/h4-5,7,10-12H,3,6,8-9H2,1-2H3,(H2,18,19,20,21)/t12-/m0/s1. The van der Waals surface area contributed by atoms with Crippen LogP contribution in [0.2, 0.25) is 0 Å². The summed E-state index contributed by atoms with van der Waals surface area (Å²) >= 11 is 0. The average molecular weight is 286 g/mol. The van der Waals surface area contributed by atoms with Crippen LogP contribution in [0.5, 0.6) is 0 Å². The second-order valence-electron chi connectivity index (χ2n) is 5.27. The molecule has 2 aromatic heterocycles. The van der Waals surface area contributed by atoms with Gasteiger partial charge < -0.3 is 5.32 Å². The normalized spacial score (nSPS) is 12.1. The van der Waals surface area contributed by atoms with Crippen molar-refractivity contribution in [3.05, 3.63) is 41.9 Å². The molecule has 5 nitrogen and oxygen atoms in total. The van der Waals surface area contributed by atoms with Crippen molar-refractivity contribution in [2.45, 2.75) is 45.4 Å². The Morgan fingerprint density at radius 3 is 3.00 bits per heavy atom. The third-order valence-electron chi connectivity index (χ3n) is 3.45. The van der Waals surface area contributed by atoms with Gasteiger partial charge in [-0.3, -0.25) is 14.9 Å². The maximum atomic E-state index is 11.9. The number of anilines is 1. The summed E-state index contributed by atoms with van der Waals surface area (Å²) in [6, 6.07) is 7.63. The fourth-order valence-electron chi connectivity index (χ4n) is 2.23. The minimum absolute atomic E-state index is 0.0400. The summed E-state index contributed by atoms with van der Waals surface area (Å²) < 4.78 is 0. The highest BCUT2D eigenvalue weighted by molar-refractivity contribution is 5.89. The lowest BCUT2D eigenvalue weighted by Gasteiger charge is -2.05. The molecular formula is C16H22N4O. The topological polar surface area (TPSA) is 70.7 Å². The summed E-state index contributed by atoms with van der Waals surface area (Å²) in [4.78, 5) is 16.1. The highest BCUT2D eigenvalue weighted by Gasteiger charge is 2.10. The molecule has 2 N–H and O–H groups in total. The Bertz CT molecular complexity index is 565. The monoisotopic (exact) mass is 286 g/mol. The minimum Gasteiger partial charge on any atom is -0.309 e. The smallest absolute Gasteiger partial charge is 0.225 e. The number of aromatic nitrogens is 3. The number of rotatable bonds is 7. The Labute approximate surface area is 125 Å². The molecule has 0 saturated heterocycles. The van der Waals surface area contributed by atoms with Crippen molar-refractivity contribution in [2.75, 3.05) is 5.32 Å². The van der Waals surface area contributed by atoms with Gasteiger partial charge in [0.15, 0.2) is 5.82 Å². The number of aryl methyl sites for hydroxylation is 1. The molecule has 0 aromatic carbocycles. The van der Waals surface area contributed by atoms with Gasteiger partial charge in [-0.2, -0.15) is 5.10 Å². The van der Waals surface area contributed by atoms with E-state index in [1.807, 2.05) is 24.3 Å². The van der Waals surface area contributed by atoms with Gasteiger partial charge in [0.05, 0.1) is 0 Å². The fraction of sp³-hybridized carbons (Fsp3) is 0.438. The highest BCUT2D eigenvalue weighted by atomic mass is 16.1. The Morgan fingerprint density at radius 1 is 1.43 bits per heavy atom. The molecule has 112 valence electrons. The first-order valence-electron chi connectivity index (χ1n) is 7.44. The van der Waals surface area contributed by atoms with E-state index in [9.17, 15) is 4.79 Å². The van der Waals surface area contributed by atoms with Crippen molar-refractivity contribution >= 4 is 11.7 Å². The molecule has 2 rings (SSSR count). The summed E-state index contributed by atoms with van der Waals surface area (Å²) in [5.41, 5.74) is 1.99. The van der Waals surface area contributed by atoms with E-state index < -0.39 is 0 Å². The fourth-order valence-corrected chi connectivity index (χ4v) is 2.23. The van der Waals surface area contributed by atoms with Gasteiger partial charge >= 0.3 is 0 Å². The number of hydrogen-bond acceptors (Lipinski definition) is 3. The van der Waals surface area contributed by atoms with Crippen LogP contribution in [0.4, 0.5) is 5.82 Å². The highest BCUT2D eigenvalue weighted by Crippen LogP contribution is 2.20. The van der Waals surface area contributed by atoms with Crippen LogP contribution in [0.15, 0.2) is 30.5 Å². The van der Waals surface area contributed by atoms with Gasteiger partial charge in [0, 0.05) is 30.1 Å². The predicted octanol–water partition coefficient (Wildman–Crippen LogP) is 3.28. The Hall–Kier alpha value is -2.17. The minimum atomic E-state index is -0.0400. The van der Waals surface area contributed by atoms with Gasteiger partial charge in [0.25, 0.3) is 0 Å². The molecule has 0 fully saturated rings. The van der Waals surface area contributed by atoms with Crippen LogP contribution in [-0.4, -0.2) is 21.1 Å². The van der Waals surface area contributed by atoms with E-state index >= 15 is 0 Å². The second-order valence-corrected chi connectivity index (χ2v) is 5.27. The summed E-state index contributed by atoms with van der Waals surface area (Å²) in [6.07, 6.45) is 5.02. The van der Waals surface area contributed by atoms with E-state index in [0.717, 1.165) is 24.2 Å². The molecule has 0 aliphatic rings. The van der Waals surface area contributed by atoms with E-state index in [0.29, 0.717) is 24.6 Å². The van der Waals surface area contributed by atoms with Crippen molar-refractivity contribution in [1.29, 1.82) is 0 Å². The lowest BCUT2D eigenvalue weighted by Crippen LogP contribution is -2.12. The van der Waals surface area contributed by atoms with E-state index in [1.165, 1.54) is 0 Å². The zero-order valence-electron chi connectivity index (χ0n) is 12.6. The molecule has 2 heterocycles. The zero-order valence-corrected chi connectivity index (χ0v) is 12.6. The largest absolute Gasteiger partial charge is 0.309 e. The van der Waals surface area contributed by atoms with Crippen LogP contribution in [0.25, 0.3) is 0 Å². The van der Waals surface area contributed by atoms with E-state index in [-0.39, 0.29) is 5.91 Å². The summed E-state index contributed by atoms with van der Waals surface area (Å²) in [5, 5.41) is 9.95. The molecule has 1 atom stereocenters. The van der Waals surface area contributed by atoms with Gasteiger partial charge in [-0.1, -0.05) is 26.3 Å². The molecule has 5 heteroatoms. The van der Waals surface area contributed by atoms with Crippen molar-refractivity contribution in [1.82, 2.24) is 15.2 Å². The zero-order chi connectivity index (χ0) is 15.1. The quantitative estimate of drug-likeness (QED) is 0.820. The third kappa shape index (κ3) is 4.70. The number of amides is 1. The molecule has 0 aliphatic carbocycles. The predicted molar refractivity (Wildman–Crippen MR) is 83.1 cm³/mol. The molecule has 2 aromatic rings.